The summed E-state index contributed by atoms with van der Waals surface area (Å²) >= 11 is 1.62. The molecule has 5 rings (SSSR count). The molecule has 2 aliphatic rings. The van der Waals surface area contributed by atoms with E-state index in [1.165, 1.54) is 15.8 Å². The Bertz CT molecular complexity index is 1180. The van der Waals surface area contributed by atoms with E-state index in [1.807, 2.05) is 18.2 Å². The molecule has 30 heavy (non-hydrogen) atoms. The zero-order chi connectivity index (χ0) is 20.7. The molecule has 1 aliphatic carbocycles. The van der Waals surface area contributed by atoms with Crippen LogP contribution >= 0.6 is 11.3 Å². The largest absolute Gasteiger partial charge is 0.486 e. The molecule has 156 valence electrons. The summed E-state index contributed by atoms with van der Waals surface area (Å²) in [4.78, 5) is 34.0. The van der Waals surface area contributed by atoms with E-state index < -0.39 is 0 Å². The van der Waals surface area contributed by atoms with Gasteiger partial charge in [0.15, 0.2) is 11.5 Å². The van der Waals surface area contributed by atoms with Crippen LogP contribution in [-0.2, 0) is 30.7 Å². The minimum absolute atomic E-state index is 0.0204. The van der Waals surface area contributed by atoms with Crippen LogP contribution in [-0.4, -0.2) is 40.6 Å². The van der Waals surface area contributed by atoms with E-state index in [1.54, 1.807) is 23.3 Å². The molecule has 0 spiro atoms. The van der Waals surface area contributed by atoms with Gasteiger partial charge in [-0.05, 0) is 48.9 Å². The van der Waals surface area contributed by atoms with Crippen molar-refractivity contribution in [2.75, 3.05) is 20.3 Å². The molecule has 0 atom stereocenters. The van der Waals surface area contributed by atoms with E-state index in [0.29, 0.717) is 30.9 Å². The van der Waals surface area contributed by atoms with Gasteiger partial charge in [-0.2, -0.15) is 0 Å². The van der Waals surface area contributed by atoms with Gasteiger partial charge < -0.3 is 14.4 Å². The lowest BCUT2D eigenvalue weighted by molar-refractivity contribution is -0.131. The molecule has 0 bridgehead atoms. The van der Waals surface area contributed by atoms with Gasteiger partial charge in [0.2, 0.25) is 5.91 Å². The number of benzene rings is 1. The summed E-state index contributed by atoms with van der Waals surface area (Å²) in [5, 5.41) is 0.708. The molecule has 0 radical (unpaired) electrons. The molecule has 1 aromatic carbocycles. The minimum Gasteiger partial charge on any atom is -0.486 e. The third-order valence-electron chi connectivity index (χ3n) is 5.70. The van der Waals surface area contributed by atoms with Gasteiger partial charge in [0, 0.05) is 18.5 Å². The molecule has 2 aromatic heterocycles. The summed E-state index contributed by atoms with van der Waals surface area (Å²) in [7, 11) is 1.74. The third-order valence-corrected chi connectivity index (χ3v) is 6.90. The zero-order valence-corrected chi connectivity index (χ0v) is 17.7. The van der Waals surface area contributed by atoms with Gasteiger partial charge in [0.05, 0.1) is 11.7 Å². The molecular formula is C22H23N3O4S. The topological polar surface area (TPSA) is 73.7 Å². The molecule has 0 fully saturated rings. The molecular weight excluding hydrogens is 402 g/mol. The van der Waals surface area contributed by atoms with Crippen molar-refractivity contribution >= 4 is 27.5 Å². The highest BCUT2D eigenvalue weighted by atomic mass is 32.1. The molecule has 0 unspecified atom stereocenters. The molecule has 0 N–H and O–H groups in total. The molecule has 1 amide bonds. The number of likely N-dealkylation sites (N-methyl/N-ethyl adjacent to an activating group) is 1. The first-order valence-corrected chi connectivity index (χ1v) is 11.0. The van der Waals surface area contributed by atoms with Gasteiger partial charge in [-0.25, -0.2) is 4.98 Å². The second-order valence-electron chi connectivity index (χ2n) is 7.80. The molecule has 7 nitrogen and oxygen atoms in total. The highest BCUT2D eigenvalue weighted by Gasteiger charge is 2.21. The summed E-state index contributed by atoms with van der Waals surface area (Å²) in [6.45, 7) is 1.47. The second-order valence-corrected chi connectivity index (χ2v) is 8.88. The quantitative estimate of drug-likeness (QED) is 0.643. The predicted octanol–water partition coefficient (Wildman–Crippen LogP) is 2.77. The average molecular weight is 426 g/mol. The second kappa shape index (κ2) is 7.75. The fraction of sp³-hybridized carbons (Fsp3) is 0.409. The zero-order valence-electron chi connectivity index (χ0n) is 16.8. The van der Waals surface area contributed by atoms with Crippen molar-refractivity contribution in [3.63, 3.8) is 0 Å². The van der Waals surface area contributed by atoms with E-state index in [9.17, 15) is 9.59 Å². The maximum Gasteiger partial charge on any atom is 0.262 e. The highest BCUT2D eigenvalue weighted by molar-refractivity contribution is 7.18. The number of amides is 1. The number of fused-ring (bicyclic) bond motifs is 4. The van der Waals surface area contributed by atoms with Gasteiger partial charge in [-0.1, -0.05) is 6.07 Å². The fourth-order valence-electron chi connectivity index (χ4n) is 4.11. The number of ether oxygens (including phenoxy) is 2. The van der Waals surface area contributed by atoms with Crippen LogP contribution in [0.3, 0.4) is 0 Å². The van der Waals surface area contributed by atoms with Crippen LogP contribution in [0.2, 0.25) is 0 Å². The van der Waals surface area contributed by atoms with Crippen LogP contribution in [0.4, 0.5) is 0 Å². The maximum atomic E-state index is 13.1. The predicted molar refractivity (Wildman–Crippen MR) is 114 cm³/mol. The number of hydrogen-bond acceptors (Lipinski definition) is 6. The Balaban J connectivity index is 1.34. The Kier molecular flexibility index (Phi) is 4.94. The van der Waals surface area contributed by atoms with Crippen molar-refractivity contribution in [3.05, 3.63) is 50.9 Å². The lowest BCUT2D eigenvalue weighted by Gasteiger charge is -2.21. The molecule has 0 saturated carbocycles. The summed E-state index contributed by atoms with van der Waals surface area (Å²) in [6, 6.07) is 5.69. The molecule has 0 saturated heterocycles. The number of thiophene rings is 1. The number of aryl methyl sites for hydroxylation is 2. The molecule has 1 aliphatic heterocycles. The summed E-state index contributed by atoms with van der Waals surface area (Å²) in [5.41, 5.74) is 1.98. The average Bonchev–Trinajstić information content (AvgIpc) is 3.15. The normalized spacial score (nSPS) is 15.1. The van der Waals surface area contributed by atoms with Crippen LogP contribution in [0, 0.1) is 0 Å². The van der Waals surface area contributed by atoms with Crippen molar-refractivity contribution < 1.29 is 14.3 Å². The van der Waals surface area contributed by atoms with E-state index in [-0.39, 0.29) is 18.0 Å². The molecule has 3 heterocycles. The molecule has 8 heteroatoms. The van der Waals surface area contributed by atoms with Gasteiger partial charge in [0.25, 0.3) is 5.56 Å². The first-order valence-electron chi connectivity index (χ1n) is 10.2. The van der Waals surface area contributed by atoms with Crippen molar-refractivity contribution in [1.82, 2.24) is 14.5 Å². The van der Waals surface area contributed by atoms with Gasteiger partial charge in [-0.15, -0.1) is 11.3 Å². The van der Waals surface area contributed by atoms with Crippen LogP contribution in [0.15, 0.2) is 29.3 Å². The van der Waals surface area contributed by atoms with Crippen LogP contribution in [0.25, 0.3) is 10.2 Å². The summed E-state index contributed by atoms with van der Waals surface area (Å²) < 4.78 is 12.6. The van der Waals surface area contributed by atoms with E-state index in [4.69, 9.17) is 9.47 Å². The standard InChI is InChI=1S/C22H23N3O4S/c1-24(11-14-6-7-16-17(10-14)29-9-8-28-16)19(26)12-25-13-23-21-20(22(25)27)15-4-2-3-5-18(15)30-21/h6-7,10,13H,2-5,8-9,11-12H2,1H3. The Morgan fingerprint density at radius 3 is 2.87 bits per heavy atom. The monoisotopic (exact) mass is 425 g/mol. The van der Waals surface area contributed by atoms with Crippen molar-refractivity contribution in [2.45, 2.75) is 38.8 Å². The van der Waals surface area contributed by atoms with E-state index in [0.717, 1.165) is 47.4 Å². The smallest absolute Gasteiger partial charge is 0.262 e. The Labute approximate surface area is 177 Å². The Morgan fingerprint density at radius 2 is 2.00 bits per heavy atom. The number of rotatable bonds is 4. The summed E-state index contributed by atoms with van der Waals surface area (Å²) in [5.74, 6) is 1.29. The number of carbonyl (C=O) groups excluding carboxylic acids is 1. The maximum absolute atomic E-state index is 13.1. The lowest BCUT2D eigenvalue weighted by Crippen LogP contribution is -2.33. The lowest BCUT2D eigenvalue weighted by atomic mass is 9.97. The van der Waals surface area contributed by atoms with Crippen molar-refractivity contribution in [3.8, 4) is 11.5 Å². The Hall–Kier alpha value is -2.87. The first kappa shape index (κ1) is 19.1. The summed E-state index contributed by atoms with van der Waals surface area (Å²) in [6.07, 6.45) is 5.71. The van der Waals surface area contributed by atoms with E-state index >= 15 is 0 Å². The Morgan fingerprint density at radius 1 is 1.20 bits per heavy atom. The van der Waals surface area contributed by atoms with Gasteiger partial charge in [-0.3, -0.25) is 14.2 Å². The minimum atomic E-state index is -0.141. The third kappa shape index (κ3) is 3.45. The number of carbonyl (C=O) groups is 1. The number of nitrogens with zero attached hydrogens (tertiary/aromatic N) is 3. The van der Waals surface area contributed by atoms with E-state index in [2.05, 4.69) is 4.98 Å². The van der Waals surface area contributed by atoms with Crippen molar-refractivity contribution in [2.24, 2.45) is 0 Å². The van der Waals surface area contributed by atoms with Gasteiger partial charge in [0.1, 0.15) is 24.6 Å². The van der Waals surface area contributed by atoms with Crippen molar-refractivity contribution in [1.29, 1.82) is 0 Å². The fourth-order valence-corrected chi connectivity index (χ4v) is 5.33. The van der Waals surface area contributed by atoms with Crippen LogP contribution < -0.4 is 15.0 Å². The van der Waals surface area contributed by atoms with Gasteiger partial charge >= 0.3 is 0 Å². The van der Waals surface area contributed by atoms with Crippen LogP contribution in [0.1, 0.15) is 28.8 Å². The first-order chi connectivity index (χ1) is 14.6. The molecule has 3 aromatic rings. The van der Waals surface area contributed by atoms with Crippen LogP contribution in [0.5, 0.6) is 11.5 Å². The highest BCUT2D eigenvalue weighted by Crippen LogP contribution is 2.33. The number of aromatic nitrogens is 2. The SMILES string of the molecule is CN(Cc1ccc2c(c1)OCCO2)C(=O)Cn1cnc2sc3c(c2c1=O)CCCC3. The number of hydrogen-bond donors (Lipinski definition) is 0.